The van der Waals surface area contributed by atoms with Crippen molar-refractivity contribution >= 4 is 37.9 Å². The van der Waals surface area contributed by atoms with Crippen LogP contribution < -0.4 is 0 Å². The van der Waals surface area contributed by atoms with E-state index in [4.69, 9.17) is 0 Å². The van der Waals surface area contributed by atoms with E-state index in [9.17, 15) is 0 Å². The number of rotatable bonds is 0. The second-order valence-corrected chi connectivity index (χ2v) is 0. The molecule has 0 saturated carbocycles. The van der Waals surface area contributed by atoms with Crippen molar-refractivity contribution in [2.75, 3.05) is 0 Å². The van der Waals surface area contributed by atoms with E-state index >= 15 is 0 Å². The topological polar surface area (TPSA) is 60.0 Å². The SMILES string of the molecule is [OH-].[OH-].[SH-].[Sb]. The molecule has 0 aliphatic carbocycles. The molecule has 3 radical (unpaired) electrons. The van der Waals surface area contributed by atoms with Gasteiger partial charge in [-0.1, -0.05) is 0 Å². The monoisotopic (exact) mass is 188 g/mol. The summed E-state index contributed by atoms with van der Waals surface area (Å²) in [4.78, 5) is 0. The molecule has 29 valence electrons. The van der Waals surface area contributed by atoms with Gasteiger partial charge in [-0.3, -0.25) is 0 Å². The molecule has 2 nitrogen and oxygen atoms in total. The first-order valence-corrected chi connectivity index (χ1v) is 0. The minimum Gasteiger partial charge on any atom is -0.870 e. The molecule has 0 aromatic carbocycles. The Morgan fingerprint density at radius 1 is 0.750 bits per heavy atom. The van der Waals surface area contributed by atoms with Gasteiger partial charge in [0, 0.05) is 24.4 Å². The molecular formula is H3O2SSb-3. The van der Waals surface area contributed by atoms with Crippen LogP contribution in [0.4, 0.5) is 0 Å². The maximum Gasteiger partial charge on any atom is 0 e. The molecule has 0 aliphatic rings. The van der Waals surface area contributed by atoms with Gasteiger partial charge in [-0.05, 0) is 0 Å². The molecule has 0 bridgehead atoms. The van der Waals surface area contributed by atoms with Crippen molar-refractivity contribution < 1.29 is 11.0 Å². The van der Waals surface area contributed by atoms with Crippen LogP contribution in [-0.4, -0.2) is 35.4 Å². The fourth-order valence-corrected chi connectivity index (χ4v) is 0. The Hall–Kier alpha value is 1.09. The van der Waals surface area contributed by atoms with Gasteiger partial charge in [-0.2, -0.15) is 0 Å². The quantitative estimate of drug-likeness (QED) is 0.278. The predicted octanol–water partition coefficient (Wildman–Crippen LogP) is -1.00. The minimum absolute atomic E-state index is 0. The summed E-state index contributed by atoms with van der Waals surface area (Å²) in [5, 5.41) is 0. The molecule has 0 aromatic rings. The van der Waals surface area contributed by atoms with Gasteiger partial charge in [0.05, 0.1) is 0 Å². The Morgan fingerprint density at radius 2 is 0.750 bits per heavy atom. The molecule has 4 heavy (non-hydrogen) atoms. The molecule has 0 amide bonds. The van der Waals surface area contributed by atoms with E-state index in [1.54, 1.807) is 0 Å². The van der Waals surface area contributed by atoms with Crippen LogP contribution in [0.1, 0.15) is 0 Å². The molecule has 0 aliphatic heterocycles. The number of hydrogen-bond donors (Lipinski definition) is 0. The molecule has 0 rings (SSSR count). The van der Waals surface area contributed by atoms with Crippen molar-refractivity contribution in [3.8, 4) is 0 Å². The van der Waals surface area contributed by atoms with E-state index in [1.807, 2.05) is 0 Å². The molecule has 0 heterocycles. The zero-order chi connectivity index (χ0) is 0. The van der Waals surface area contributed by atoms with E-state index in [0.717, 1.165) is 0 Å². The van der Waals surface area contributed by atoms with Crippen LogP contribution >= 0.6 is 0 Å². The third-order valence-electron chi connectivity index (χ3n) is 0. The summed E-state index contributed by atoms with van der Waals surface area (Å²) in [5.41, 5.74) is 0. The Kier molecular flexibility index (Phi) is 591. The number of thiol groups is 1. The van der Waals surface area contributed by atoms with Crippen molar-refractivity contribution in [3.63, 3.8) is 0 Å². The van der Waals surface area contributed by atoms with Gasteiger partial charge in [-0.25, -0.2) is 0 Å². The smallest absolute Gasteiger partial charge is 0 e. The second kappa shape index (κ2) is 32.9. The molecule has 0 atom stereocenters. The van der Waals surface area contributed by atoms with Crippen LogP contribution in [0.5, 0.6) is 0 Å². The average molecular weight is 189 g/mol. The van der Waals surface area contributed by atoms with Gasteiger partial charge >= 0.3 is 0 Å². The Labute approximate surface area is 49.1 Å². The van der Waals surface area contributed by atoms with Crippen molar-refractivity contribution in [3.05, 3.63) is 0 Å². The van der Waals surface area contributed by atoms with Crippen LogP contribution in [0.3, 0.4) is 0 Å². The van der Waals surface area contributed by atoms with Crippen molar-refractivity contribution in [1.82, 2.24) is 0 Å². The van der Waals surface area contributed by atoms with Crippen molar-refractivity contribution in [1.29, 1.82) is 0 Å². The Balaban J connectivity index is 0. The zero-order valence-corrected chi connectivity index (χ0v) is 5.24. The van der Waals surface area contributed by atoms with Gasteiger partial charge in [-0.15, -0.1) is 0 Å². The van der Waals surface area contributed by atoms with Gasteiger partial charge in [0.15, 0.2) is 0 Å². The van der Waals surface area contributed by atoms with Crippen LogP contribution in [0.15, 0.2) is 0 Å². The fourth-order valence-electron chi connectivity index (χ4n) is 0. The van der Waals surface area contributed by atoms with Gasteiger partial charge in [0.2, 0.25) is 0 Å². The number of hydrogen-bond acceptors (Lipinski definition) is 3. The molecule has 0 spiro atoms. The summed E-state index contributed by atoms with van der Waals surface area (Å²) >= 11 is 0. The first-order chi connectivity index (χ1) is 0. The van der Waals surface area contributed by atoms with E-state index in [0.29, 0.717) is 0 Å². The second-order valence-electron chi connectivity index (χ2n) is 0. The summed E-state index contributed by atoms with van der Waals surface area (Å²) in [6.45, 7) is 0. The van der Waals surface area contributed by atoms with Crippen molar-refractivity contribution in [2.24, 2.45) is 0 Å². The van der Waals surface area contributed by atoms with Gasteiger partial charge in [0.25, 0.3) is 0 Å². The van der Waals surface area contributed by atoms with Gasteiger partial charge < -0.3 is 24.4 Å². The normalized spacial score (nSPS) is 0. The standard InChI is InChI=1S/2H2O.H2S.Sb/h3*1H2;/p-3. The Bertz CT molecular complexity index is 6.00. The molecule has 0 aromatic heterocycles. The first kappa shape index (κ1) is 71.8. The zero-order valence-electron chi connectivity index (χ0n) is 1.79. The molecule has 2 N–H and O–H groups in total. The fraction of sp³-hybridized carbons (Fsp3) is 0. The van der Waals surface area contributed by atoms with E-state index in [1.165, 1.54) is 0 Å². The van der Waals surface area contributed by atoms with Crippen LogP contribution in [-0.2, 0) is 13.5 Å². The van der Waals surface area contributed by atoms with Crippen LogP contribution in [0.25, 0.3) is 0 Å². The van der Waals surface area contributed by atoms with Gasteiger partial charge in [0.1, 0.15) is 0 Å². The van der Waals surface area contributed by atoms with E-state index < -0.39 is 0 Å². The molecule has 4 heteroatoms. The van der Waals surface area contributed by atoms with E-state index in [2.05, 4.69) is 0 Å². The summed E-state index contributed by atoms with van der Waals surface area (Å²) < 4.78 is 0. The third kappa shape index (κ3) is 11.4. The maximum atomic E-state index is 0. The molecule has 0 unspecified atom stereocenters. The van der Waals surface area contributed by atoms with Crippen LogP contribution in [0, 0.1) is 0 Å². The maximum absolute atomic E-state index is 0. The summed E-state index contributed by atoms with van der Waals surface area (Å²) in [7, 11) is 0. The summed E-state index contributed by atoms with van der Waals surface area (Å²) in [6.07, 6.45) is 0. The first-order valence-electron chi connectivity index (χ1n) is 0. The molecular weight excluding hydrogens is 186 g/mol. The Morgan fingerprint density at radius 3 is 0.750 bits per heavy atom. The van der Waals surface area contributed by atoms with E-state index in [-0.39, 0.29) is 48.9 Å². The minimum atomic E-state index is 0. The molecule has 0 saturated heterocycles. The average Bonchev–Trinajstić information content (AvgIpc) is 0. The van der Waals surface area contributed by atoms with Crippen molar-refractivity contribution in [2.45, 2.75) is 0 Å². The predicted molar refractivity (Wildman–Crippen MR) is 18.4 cm³/mol. The molecule has 0 fully saturated rings. The summed E-state index contributed by atoms with van der Waals surface area (Å²) in [6, 6.07) is 0. The third-order valence-corrected chi connectivity index (χ3v) is 0. The summed E-state index contributed by atoms with van der Waals surface area (Å²) in [5.74, 6) is 0. The largest absolute Gasteiger partial charge is 0.870 e. The van der Waals surface area contributed by atoms with Crippen LogP contribution in [0.2, 0.25) is 0 Å².